The fourth-order valence-electron chi connectivity index (χ4n) is 1.19. The molecule has 0 saturated carbocycles. The molecule has 0 saturated heterocycles. The third-order valence-corrected chi connectivity index (χ3v) is 1.93. The standard InChI is InChI=1S/C9H10N4O2/c1-5-7(3-4-15-5)8(14)11-9-10-6(2)12-13-9/h3-4H,1-2H3,(H2,10,11,12,13,14). The molecule has 6 heteroatoms. The average molecular weight is 206 g/mol. The van der Waals surface area contributed by atoms with E-state index in [0.29, 0.717) is 17.1 Å². The zero-order chi connectivity index (χ0) is 10.8. The molecule has 0 radical (unpaired) electrons. The van der Waals surface area contributed by atoms with Crippen LogP contribution >= 0.6 is 0 Å². The molecule has 0 atom stereocenters. The minimum atomic E-state index is -0.278. The molecule has 0 aliphatic carbocycles. The molecule has 78 valence electrons. The van der Waals surface area contributed by atoms with Gasteiger partial charge in [0.05, 0.1) is 11.8 Å². The summed E-state index contributed by atoms with van der Waals surface area (Å²) in [6.07, 6.45) is 1.47. The summed E-state index contributed by atoms with van der Waals surface area (Å²) in [4.78, 5) is 15.6. The van der Waals surface area contributed by atoms with Gasteiger partial charge in [-0.25, -0.2) is 0 Å². The van der Waals surface area contributed by atoms with Crippen LogP contribution in [0.25, 0.3) is 0 Å². The first kappa shape index (κ1) is 9.45. The molecule has 0 unspecified atom stereocenters. The molecule has 0 aliphatic rings. The number of H-pyrrole nitrogens is 1. The van der Waals surface area contributed by atoms with Crippen molar-refractivity contribution in [2.75, 3.05) is 5.32 Å². The van der Waals surface area contributed by atoms with E-state index in [4.69, 9.17) is 4.42 Å². The summed E-state index contributed by atoms with van der Waals surface area (Å²) < 4.78 is 5.02. The van der Waals surface area contributed by atoms with Crippen molar-refractivity contribution in [1.29, 1.82) is 0 Å². The number of carbonyl (C=O) groups is 1. The predicted molar refractivity (Wildman–Crippen MR) is 52.5 cm³/mol. The first-order valence-corrected chi connectivity index (χ1v) is 4.41. The van der Waals surface area contributed by atoms with E-state index in [9.17, 15) is 4.79 Å². The van der Waals surface area contributed by atoms with Gasteiger partial charge in [0, 0.05) is 0 Å². The number of hydrogen-bond acceptors (Lipinski definition) is 4. The summed E-state index contributed by atoms with van der Waals surface area (Å²) in [6, 6.07) is 1.60. The van der Waals surface area contributed by atoms with Crippen molar-refractivity contribution in [1.82, 2.24) is 15.2 Å². The van der Waals surface area contributed by atoms with Crippen molar-refractivity contribution < 1.29 is 9.21 Å². The van der Waals surface area contributed by atoms with Crippen LogP contribution in [0.1, 0.15) is 21.9 Å². The Morgan fingerprint density at radius 2 is 2.33 bits per heavy atom. The van der Waals surface area contributed by atoms with Gasteiger partial charge >= 0.3 is 0 Å². The quantitative estimate of drug-likeness (QED) is 0.774. The van der Waals surface area contributed by atoms with Crippen molar-refractivity contribution in [3.8, 4) is 0 Å². The summed E-state index contributed by atoms with van der Waals surface area (Å²) in [5.74, 6) is 1.20. The zero-order valence-corrected chi connectivity index (χ0v) is 8.37. The normalized spacial score (nSPS) is 10.3. The number of nitrogens with one attached hydrogen (secondary N) is 2. The number of anilines is 1. The first-order valence-electron chi connectivity index (χ1n) is 4.41. The first-order chi connectivity index (χ1) is 7.16. The third kappa shape index (κ3) is 1.88. The Morgan fingerprint density at radius 3 is 2.87 bits per heavy atom. The molecule has 2 aromatic rings. The Hall–Kier alpha value is -2.11. The second kappa shape index (κ2) is 3.56. The number of carbonyl (C=O) groups excluding carboxylic acids is 1. The summed E-state index contributed by atoms with van der Waals surface area (Å²) in [5.41, 5.74) is 0.484. The number of rotatable bonds is 2. The fourth-order valence-corrected chi connectivity index (χ4v) is 1.19. The maximum Gasteiger partial charge on any atom is 0.261 e. The molecule has 0 fully saturated rings. The van der Waals surface area contributed by atoms with Crippen molar-refractivity contribution in [2.24, 2.45) is 0 Å². The van der Waals surface area contributed by atoms with Gasteiger partial charge in [0.2, 0.25) is 5.95 Å². The van der Waals surface area contributed by atoms with Crippen LogP contribution in [0.4, 0.5) is 5.95 Å². The van der Waals surface area contributed by atoms with Gasteiger partial charge in [0.15, 0.2) is 0 Å². The monoisotopic (exact) mass is 206 g/mol. The van der Waals surface area contributed by atoms with Crippen LogP contribution in [0.3, 0.4) is 0 Å². The van der Waals surface area contributed by atoms with Crippen LogP contribution in [0.5, 0.6) is 0 Å². The highest BCUT2D eigenvalue weighted by Gasteiger charge is 2.13. The van der Waals surface area contributed by atoms with Crippen molar-refractivity contribution in [3.63, 3.8) is 0 Å². The Kier molecular flexibility index (Phi) is 2.24. The summed E-state index contributed by atoms with van der Waals surface area (Å²) in [7, 11) is 0. The predicted octanol–water partition coefficient (Wildman–Crippen LogP) is 1.27. The lowest BCUT2D eigenvalue weighted by Gasteiger charge is -1.97. The molecule has 0 aliphatic heterocycles. The zero-order valence-electron chi connectivity index (χ0n) is 8.37. The SMILES string of the molecule is Cc1nc(NC(=O)c2ccoc2C)n[nH]1. The molecule has 2 rings (SSSR count). The number of nitrogens with zero attached hydrogens (tertiary/aromatic N) is 2. The van der Waals surface area contributed by atoms with Crippen LogP contribution < -0.4 is 5.32 Å². The number of aromatic nitrogens is 3. The molecule has 2 aromatic heterocycles. The van der Waals surface area contributed by atoms with Gasteiger partial charge < -0.3 is 4.42 Å². The molecule has 1 amide bonds. The lowest BCUT2D eigenvalue weighted by molar-refractivity contribution is 0.102. The lowest BCUT2D eigenvalue weighted by atomic mass is 10.2. The Bertz CT molecular complexity index is 486. The van der Waals surface area contributed by atoms with E-state index in [1.54, 1.807) is 19.9 Å². The van der Waals surface area contributed by atoms with Gasteiger partial charge in [-0.05, 0) is 19.9 Å². The molecular weight excluding hydrogens is 196 g/mol. The van der Waals surface area contributed by atoms with E-state index in [1.807, 2.05) is 0 Å². The molecular formula is C9H10N4O2. The number of aryl methyl sites for hydroxylation is 2. The molecule has 2 heterocycles. The molecule has 15 heavy (non-hydrogen) atoms. The van der Waals surface area contributed by atoms with E-state index in [1.165, 1.54) is 6.26 Å². The minimum Gasteiger partial charge on any atom is -0.469 e. The van der Waals surface area contributed by atoms with Crippen LogP contribution in [-0.2, 0) is 0 Å². The maximum absolute atomic E-state index is 11.6. The smallest absolute Gasteiger partial charge is 0.261 e. The minimum absolute atomic E-state index is 0.262. The van der Waals surface area contributed by atoms with Crippen LogP contribution in [-0.4, -0.2) is 21.1 Å². The van der Waals surface area contributed by atoms with E-state index in [2.05, 4.69) is 20.5 Å². The Balaban J connectivity index is 2.14. The largest absolute Gasteiger partial charge is 0.469 e. The van der Waals surface area contributed by atoms with Crippen LogP contribution in [0, 0.1) is 13.8 Å². The second-order valence-corrected chi connectivity index (χ2v) is 3.09. The van der Waals surface area contributed by atoms with E-state index < -0.39 is 0 Å². The van der Waals surface area contributed by atoms with Gasteiger partial charge in [0.25, 0.3) is 5.91 Å². The lowest BCUT2D eigenvalue weighted by Crippen LogP contribution is -2.13. The Morgan fingerprint density at radius 1 is 1.53 bits per heavy atom. The van der Waals surface area contributed by atoms with Crippen molar-refractivity contribution >= 4 is 11.9 Å². The molecule has 2 N–H and O–H groups in total. The second-order valence-electron chi connectivity index (χ2n) is 3.09. The van der Waals surface area contributed by atoms with Gasteiger partial charge in [-0.3, -0.25) is 15.2 Å². The average Bonchev–Trinajstić information content (AvgIpc) is 2.75. The highest BCUT2D eigenvalue weighted by molar-refractivity contribution is 6.03. The van der Waals surface area contributed by atoms with Crippen molar-refractivity contribution in [3.05, 3.63) is 29.5 Å². The highest BCUT2D eigenvalue weighted by atomic mass is 16.3. The fraction of sp³-hybridized carbons (Fsp3) is 0.222. The van der Waals surface area contributed by atoms with Gasteiger partial charge in [0.1, 0.15) is 11.6 Å². The number of aromatic amines is 1. The van der Waals surface area contributed by atoms with Gasteiger partial charge in [-0.1, -0.05) is 0 Å². The summed E-state index contributed by atoms with van der Waals surface area (Å²) in [5, 5.41) is 8.98. The van der Waals surface area contributed by atoms with Crippen LogP contribution in [0.15, 0.2) is 16.7 Å². The molecule has 0 aromatic carbocycles. The topological polar surface area (TPSA) is 83.8 Å². The maximum atomic E-state index is 11.6. The highest BCUT2D eigenvalue weighted by Crippen LogP contribution is 2.10. The van der Waals surface area contributed by atoms with Crippen LogP contribution in [0.2, 0.25) is 0 Å². The third-order valence-electron chi connectivity index (χ3n) is 1.93. The Labute approximate surface area is 85.7 Å². The molecule has 0 spiro atoms. The number of furan rings is 1. The van der Waals surface area contributed by atoms with Gasteiger partial charge in [-0.2, -0.15) is 4.98 Å². The summed E-state index contributed by atoms with van der Waals surface area (Å²) >= 11 is 0. The molecule has 0 bridgehead atoms. The summed E-state index contributed by atoms with van der Waals surface area (Å²) in [6.45, 7) is 3.48. The number of hydrogen-bond donors (Lipinski definition) is 2. The van der Waals surface area contributed by atoms with Crippen molar-refractivity contribution in [2.45, 2.75) is 13.8 Å². The number of amides is 1. The van der Waals surface area contributed by atoms with E-state index >= 15 is 0 Å². The molecule has 6 nitrogen and oxygen atoms in total. The van der Waals surface area contributed by atoms with E-state index in [0.717, 1.165) is 0 Å². The van der Waals surface area contributed by atoms with Gasteiger partial charge in [-0.15, -0.1) is 5.10 Å². The van der Waals surface area contributed by atoms with E-state index in [-0.39, 0.29) is 11.9 Å².